The number of nitrogens with one attached hydrogen (secondary N) is 1. The molecule has 1 spiro atoms. The van der Waals surface area contributed by atoms with E-state index in [1.54, 1.807) is 0 Å². The highest BCUT2D eigenvalue weighted by Gasteiger charge is 2.46. The maximum atomic E-state index is 13.5. The standard InChI is InChI=1S/C23H32FN3O2/c1-17-4-10-20(11-7-18-5-8-19(24)9-6-18)27(17)22(29)26-15-3-13-23(16-26)12-2-14-25-21(23)28/h5-6,8-9,17,20H,2-4,7,10-16H2,1H3,(H,25,28)/t17-,20-,23?/m1/s1. The normalized spacial score (nSPS) is 29.9. The Kier molecular flexibility index (Phi) is 5.79. The van der Waals surface area contributed by atoms with Crippen LogP contribution in [0.2, 0.25) is 0 Å². The Morgan fingerprint density at radius 1 is 1.21 bits per heavy atom. The molecule has 0 saturated carbocycles. The maximum absolute atomic E-state index is 13.5. The van der Waals surface area contributed by atoms with Gasteiger partial charge in [-0.15, -0.1) is 0 Å². The third-order valence-corrected chi connectivity index (χ3v) is 7.13. The lowest BCUT2D eigenvalue weighted by atomic mass is 9.73. The van der Waals surface area contributed by atoms with E-state index in [-0.39, 0.29) is 29.8 Å². The largest absolute Gasteiger partial charge is 0.356 e. The Bertz CT molecular complexity index is 749. The molecule has 3 aliphatic heterocycles. The van der Waals surface area contributed by atoms with E-state index in [2.05, 4.69) is 17.1 Å². The van der Waals surface area contributed by atoms with Gasteiger partial charge >= 0.3 is 6.03 Å². The van der Waals surface area contributed by atoms with Crippen molar-refractivity contribution < 1.29 is 14.0 Å². The number of carbonyl (C=O) groups excluding carboxylic acids is 2. The molecule has 1 aromatic rings. The molecule has 3 atom stereocenters. The third-order valence-electron chi connectivity index (χ3n) is 7.13. The molecule has 3 fully saturated rings. The van der Waals surface area contributed by atoms with Gasteiger partial charge in [-0.05, 0) is 76.0 Å². The lowest BCUT2D eigenvalue weighted by Crippen LogP contribution is -2.58. The van der Waals surface area contributed by atoms with Gasteiger partial charge in [-0.1, -0.05) is 12.1 Å². The van der Waals surface area contributed by atoms with Gasteiger partial charge < -0.3 is 15.1 Å². The number of carbonyl (C=O) groups is 2. The summed E-state index contributed by atoms with van der Waals surface area (Å²) in [5.41, 5.74) is 0.716. The average molecular weight is 402 g/mol. The number of rotatable bonds is 3. The first kappa shape index (κ1) is 20.2. The number of aryl methyl sites for hydroxylation is 1. The summed E-state index contributed by atoms with van der Waals surface area (Å²) in [5.74, 6) is -0.0885. The minimum atomic E-state index is -0.390. The van der Waals surface area contributed by atoms with Gasteiger partial charge in [0, 0.05) is 31.7 Å². The number of piperidine rings is 2. The van der Waals surface area contributed by atoms with Crippen molar-refractivity contribution in [2.45, 2.75) is 70.4 Å². The monoisotopic (exact) mass is 401 g/mol. The number of nitrogens with zero attached hydrogens (tertiary/aromatic N) is 2. The van der Waals surface area contributed by atoms with Crippen molar-refractivity contribution in [3.63, 3.8) is 0 Å². The Morgan fingerprint density at radius 2 is 1.97 bits per heavy atom. The van der Waals surface area contributed by atoms with Gasteiger partial charge in [-0.25, -0.2) is 9.18 Å². The van der Waals surface area contributed by atoms with Gasteiger partial charge in [0.1, 0.15) is 5.82 Å². The molecule has 0 bridgehead atoms. The first-order chi connectivity index (χ1) is 14.0. The summed E-state index contributed by atoms with van der Waals surface area (Å²) in [7, 11) is 0. The third kappa shape index (κ3) is 4.12. The fourth-order valence-corrected chi connectivity index (χ4v) is 5.46. The highest BCUT2D eigenvalue weighted by molar-refractivity contribution is 5.85. The van der Waals surface area contributed by atoms with E-state index in [9.17, 15) is 14.0 Å². The molecule has 1 unspecified atom stereocenters. The molecule has 1 N–H and O–H groups in total. The van der Waals surface area contributed by atoms with Crippen LogP contribution in [0.25, 0.3) is 0 Å². The molecular weight excluding hydrogens is 369 g/mol. The van der Waals surface area contributed by atoms with E-state index in [1.165, 1.54) is 12.1 Å². The molecule has 0 aromatic heterocycles. The summed E-state index contributed by atoms with van der Waals surface area (Å²) in [6.45, 7) is 4.17. The Labute approximate surface area is 172 Å². The van der Waals surface area contributed by atoms with Gasteiger partial charge in [-0.3, -0.25) is 4.79 Å². The first-order valence-corrected chi connectivity index (χ1v) is 11.1. The van der Waals surface area contributed by atoms with E-state index in [0.717, 1.165) is 70.0 Å². The second kappa shape index (κ2) is 8.33. The van der Waals surface area contributed by atoms with E-state index >= 15 is 0 Å². The highest BCUT2D eigenvalue weighted by atomic mass is 19.1. The van der Waals surface area contributed by atoms with Crippen LogP contribution in [0.15, 0.2) is 24.3 Å². The van der Waals surface area contributed by atoms with Crippen molar-refractivity contribution in [3.8, 4) is 0 Å². The summed E-state index contributed by atoms with van der Waals surface area (Å²) in [5, 5.41) is 3.01. The molecule has 3 heterocycles. The summed E-state index contributed by atoms with van der Waals surface area (Å²) in [6, 6.07) is 7.18. The van der Waals surface area contributed by atoms with Gasteiger partial charge in [0.25, 0.3) is 0 Å². The lowest BCUT2D eigenvalue weighted by molar-refractivity contribution is -0.136. The zero-order valence-corrected chi connectivity index (χ0v) is 17.3. The summed E-state index contributed by atoms with van der Waals surface area (Å²) in [4.78, 5) is 30.1. The fraction of sp³-hybridized carbons (Fsp3) is 0.652. The smallest absolute Gasteiger partial charge is 0.320 e. The first-order valence-electron chi connectivity index (χ1n) is 11.1. The molecule has 0 aliphatic carbocycles. The van der Waals surface area contributed by atoms with E-state index in [0.29, 0.717) is 6.54 Å². The Balaban J connectivity index is 1.42. The van der Waals surface area contributed by atoms with Crippen LogP contribution in [0, 0.1) is 11.2 Å². The summed E-state index contributed by atoms with van der Waals surface area (Å²) < 4.78 is 13.1. The molecule has 0 radical (unpaired) electrons. The van der Waals surface area contributed by atoms with Crippen LogP contribution >= 0.6 is 0 Å². The molecule has 29 heavy (non-hydrogen) atoms. The van der Waals surface area contributed by atoms with Crippen LogP contribution in [-0.4, -0.2) is 53.5 Å². The molecule has 3 saturated heterocycles. The Hall–Kier alpha value is -2.11. The van der Waals surface area contributed by atoms with Crippen LogP contribution in [0.3, 0.4) is 0 Å². The molecular formula is C23H32FN3O2. The van der Waals surface area contributed by atoms with E-state index in [1.807, 2.05) is 17.0 Å². The summed E-state index contributed by atoms with van der Waals surface area (Å²) in [6.07, 6.45) is 7.40. The minimum Gasteiger partial charge on any atom is -0.356 e. The van der Waals surface area contributed by atoms with Gasteiger partial charge in [0.2, 0.25) is 5.91 Å². The number of halogens is 1. The fourth-order valence-electron chi connectivity index (χ4n) is 5.46. The molecule has 158 valence electrons. The highest BCUT2D eigenvalue weighted by Crippen LogP contribution is 2.38. The predicted octanol–water partition coefficient (Wildman–Crippen LogP) is 3.72. The SMILES string of the molecule is C[C@@H]1CC[C@H](CCc2ccc(F)cc2)N1C(=O)N1CCCC2(CCCNC2=O)C1. The van der Waals surface area contributed by atoms with Crippen molar-refractivity contribution >= 4 is 11.9 Å². The van der Waals surface area contributed by atoms with Crippen LogP contribution in [0.4, 0.5) is 9.18 Å². The van der Waals surface area contributed by atoms with E-state index in [4.69, 9.17) is 0 Å². The van der Waals surface area contributed by atoms with Crippen molar-refractivity contribution in [2.24, 2.45) is 5.41 Å². The van der Waals surface area contributed by atoms with E-state index < -0.39 is 5.41 Å². The average Bonchev–Trinajstić information content (AvgIpc) is 3.10. The van der Waals surface area contributed by atoms with Crippen molar-refractivity contribution in [1.82, 2.24) is 15.1 Å². The number of urea groups is 1. The number of hydrogen-bond acceptors (Lipinski definition) is 2. The molecule has 6 heteroatoms. The number of hydrogen-bond donors (Lipinski definition) is 1. The molecule has 4 rings (SSSR count). The Morgan fingerprint density at radius 3 is 2.72 bits per heavy atom. The maximum Gasteiger partial charge on any atom is 0.320 e. The molecule has 3 aliphatic rings. The topological polar surface area (TPSA) is 52.7 Å². The predicted molar refractivity (Wildman–Crippen MR) is 110 cm³/mol. The lowest BCUT2D eigenvalue weighted by Gasteiger charge is -2.45. The van der Waals surface area contributed by atoms with Crippen LogP contribution < -0.4 is 5.32 Å². The van der Waals surface area contributed by atoms with Crippen LogP contribution in [0.5, 0.6) is 0 Å². The van der Waals surface area contributed by atoms with Crippen LogP contribution in [0.1, 0.15) is 57.4 Å². The van der Waals surface area contributed by atoms with Crippen molar-refractivity contribution in [1.29, 1.82) is 0 Å². The second-order valence-electron chi connectivity index (χ2n) is 9.10. The zero-order valence-electron chi connectivity index (χ0n) is 17.3. The van der Waals surface area contributed by atoms with Gasteiger partial charge in [0.05, 0.1) is 5.41 Å². The second-order valence-corrected chi connectivity index (χ2v) is 9.10. The molecule has 5 nitrogen and oxygen atoms in total. The minimum absolute atomic E-state index is 0.0940. The van der Waals surface area contributed by atoms with Gasteiger partial charge in [0.15, 0.2) is 0 Å². The number of likely N-dealkylation sites (tertiary alicyclic amines) is 2. The van der Waals surface area contributed by atoms with Crippen molar-refractivity contribution in [3.05, 3.63) is 35.6 Å². The van der Waals surface area contributed by atoms with Gasteiger partial charge in [-0.2, -0.15) is 0 Å². The number of benzene rings is 1. The molecule has 1 aromatic carbocycles. The zero-order chi connectivity index (χ0) is 20.4. The number of amides is 3. The van der Waals surface area contributed by atoms with Crippen LogP contribution in [-0.2, 0) is 11.2 Å². The van der Waals surface area contributed by atoms with Crippen molar-refractivity contribution in [2.75, 3.05) is 19.6 Å². The molecule has 3 amide bonds. The quantitative estimate of drug-likeness (QED) is 0.839. The summed E-state index contributed by atoms with van der Waals surface area (Å²) >= 11 is 0.